The van der Waals surface area contributed by atoms with Crippen LogP contribution in [-0.2, 0) is 28.6 Å². The normalized spacial score (nSPS) is 12.7. The predicted octanol–water partition coefficient (Wildman–Crippen LogP) is 18.0. The highest BCUT2D eigenvalue weighted by atomic mass is 16.6. The summed E-state index contributed by atoms with van der Waals surface area (Å²) in [6, 6.07) is 0. The molecule has 0 N–H and O–H groups in total. The number of hydrogen-bond donors (Lipinski definition) is 0. The maximum Gasteiger partial charge on any atom is 0.306 e. The van der Waals surface area contributed by atoms with Crippen molar-refractivity contribution in [2.75, 3.05) is 13.2 Å². The molecule has 0 rings (SSSR count). The van der Waals surface area contributed by atoms with Gasteiger partial charge in [-0.15, -0.1) is 0 Å². The smallest absolute Gasteiger partial charge is 0.306 e. The first-order chi connectivity index (χ1) is 32.0. The molecule has 0 aromatic carbocycles. The summed E-state index contributed by atoms with van der Waals surface area (Å²) in [6.45, 7) is 6.45. The molecule has 0 aliphatic rings. The summed E-state index contributed by atoms with van der Waals surface area (Å²) in [6.07, 6.45) is 68.5. The van der Waals surface area contributed by atoms with Gasteiger partial charge in [-0.2, -0.15) is 0 Å². The van der Waals surface area contributed by atoms with E-state index in [2.05, 4.69) is 106 Å². The predicted molar refractivity (Wildman–Crippen MR) is 279 cm³/mol. The number of ether oxygens (including phenoxy) is 3. The summed E-state index contributed by atoms with van der Waals surface area (Å²) in [5.74, 6) is -0.958. The molecule has 6 nitrogen and oxygen atoms in total. The lowest BCUT2D eigenvalue weighted by Crippen LogP contribution is -2.30. The Hall–Kier alpha value is -3.41. The molecule has 0 unspecified atom stereocenters. The molecule has 0 radical (unpaired) electrons. The lowest BCUT2D eigenvalue weighted by atomic mass is 10.1. The number of allylic oxidation sites excluding steroid dienone is 14. The van der Waals surface area contributed by atoms with E-state index in [0.29, 0.717) is 19.3 Å². The molecule has 65 heavy (non-hydrogen) atoms. The summed E-state index contributed by atoms with van der Waals surface area (Å²) in [4.78, 5) is 38.0. The number of carbonyl (C=O) groups is 3. The fraction of sp³-hybridized carbons (Fsp3) is 0.712. The van der Waals surface area contributed by atoms with Crippen LogP contribution in [0, 0.1) is 0 Å². The van der Waals surface area contributed by atoms with Crippen LogP contribution < -0.4 is 0 Å². The molecule has 6 heteroatoms. The molecule has 0 aliphatic carbocycles. The SMILES string of the molecule is CC/C=C\C/C=C\C/C=C\CCCCCCCC(=O)O[C@H](COC(=O)CCCC/C=C\C/C=C\C/C=C\CCCCC)COC(=O)CCCCCCCCC/C=C\CCCCCCCC. The van der Waals surface area contributed by atoms with Gasteiger partial charge in [-0.1, -0.05) is 202 Å². The first kappa shape index (κ1) is 61.6. The lowest BCUT2D eigenvalue weighted by molar-refractivity contribution is -0.167. The maximum absolute atomic E-state index is 12.8. The average Bonchev–Trinajstić information content (AvgIpc) is 3.30. The fourth-order valence-corrected chi connectivity index (χ4v) is 7.28. The molecular weight excluding hydrogens is 805 g/mol. The van der Waals surface area contributed by atoms with Crippen molar-refractivity contribution in [3.8, 4) is 0 Å². The molecule has 0 saturated carbocycles. The second-order valence-corrected chi connectivity index (χ2v) is 17.7. The van der Waals surface area contributed by atoms with Crippen LogP contribution in [0.2, 0.25) is 0 Å². The third-order valence-corrected chi connectivity index (χ3v) is 11.4. The Balaban J connectivity index is 4.47. The van der Waals surface area contributed by atoms with Crippen molar-refractivity contribution < 1.29 is 28.6 Å². The molecular formula is C59H100O6. The van der Waals surface area contributed by atoms with Crippen molar-refractivity contribution in [2.24, 2.45) is 0 Å². The maximum atomic E-state index is 12.8. The summed E-state index contributed by atoms with van der Waals surface area (Å²) in [5.41, 5.74) is 0. The molecule has 372 valence electrons. The number of rotatable bonds is 48. The minimum atomic E-state index is -0.803. The van der Waals surface area contributed by atoms with Gasteiger partial charge in [0.1, 0.15) is 13.2 Å². The van der Waals surface area contributed by atoms with Gasteiger partial charge in [-0.3, -0.25) is 14.4 Å². The van der Waals surface area contributed by atoms with E-state index in [1.807, 2.05) is 0 Å². The number of carbonyl (C=O) groups excluding carboxylic acids is 3. The quantitative estimate of drug-likeness (QED) is 0.0262. The standard InChI is InChI=1S/C59H100O6/c1-4-7-10-13-16-19-22-25-28-29-32-34-37-40-43-46-49-52-58(61)64-55-56(65-59(62)53-50-47-44-41-38-35-31-27-24-21-18-15-12-9-6-3)54-63-57(60)51-48-45-42-39-36-33-30-26-23-20-17-14-11-8-5-2/h9,12,17-18,20-21,25-28,30-31,36,39,56H,4-8,10-11,13-16,19,22-24,29,32-35,37-38,40-55H2,1-3H3/b12-9-,20-17-,21-18-,28-25-,30-26-,31-27-,39-36-/t56-/m1/s1. The first-order valence-electron chi connectivity index (χ1n) is 27.1. The monoisotopic (exact) mass is 905 g/mol. The van der Waals surface area contributed by atoms with Crippen LogP contribution in [-0.4, -0.2) is 37.2 Å². The van der Waals surface area contributed by atoms with Crippen molar-refractivity contribution in [1.29, 1.82) is 0 Å². The fourth-order valence-electron chi connectivity index (χ4n) is 7.28. The Morgan fingerprint density at radius 3 is 1.02 bits per heavy atom. The Labute approximate surface area is 401 Å². The van der Waals surface area contributed by atoms with Gasteiger partial charge < -0.3 is 14.2 Å². The van der Waals surface area contributed by atoms with Crippen molar-refractivity contribution in [1.82, 2.24) is 0 Å². The first-order valence-corrected chi connectivity index (χ1v) is 27.1. The van der Waals surface area contributed by atoms with Gasteiger partial charge in [-0.05, 0) is 116 Å². The van der Waals surface area contributed by atoms with Gasteiger partial charge in [-0.25, -0.2) is 0 Å². The Bertz CT molecular complexity index is 1270. The topological polar surface area (TPSA) is 78.9 Å². The van der Waals surface area contributed by atoms with Crippen LogP contribution in [0.15, 0.2) is 85.1 Å². The van der Waals surface area contributed by atoms with Crippen molar-refractivity contribution >= 4 is 17.9 Å². The van der Waals surface area contributed by atoms with E-state index in [4.69, 9.17) is 14.2 Å². The Morgan fingerprint density at radius 1 is 0.323 bits per heavy atom. The summed E-state index contributed by atoms with van der Waals surface area (Å²) in [7, 11) is 0. The van der Waals surface area contributed by atoms with E-state index in [1.165, 1.54) is 103 Å². The molecule has 0 bridgehead atoms. The molecule has 0 aromatic rings. The highest BCUT2D eigenvalue weighted by Gasteiger charge is 2.19. The van der Waals surface area contributed by atoms with Crippen LogP contribution in [0.3, 0.4) is 0 Å². The second-order valence-electron chi connectivity index (χ2n) is 17.7. The number of esters is 3. The minimum Gasteiger partial charge on any atom is -0.462 e. The van der Waals surface area contributed by atoms with Crippen LogP contribution in [0.4, 0.5) is 0 Å². The van der Waals surface area contributed by atoms with E-state index < -0.39 is 6.10 Å². The van der Waals surface area contributed by atoms with Gasteiger partial charge in [0.05, 0.1) is 0 Å². The molecule has 0 fully saturated rings. The molecule has 0 saturated heterocycles. The molecule has 0 aromatic heterocycles. The van der Waals surface area contributed by atoms with Gasteiger partial charge in [0.15, 0.2) is 6.10 Å². The third-order valence-electron chi connectivity index (χ3n) is 11.4. The lowest BCUT2D eigenvalue weighted by Gasteiger charge is -2.18. The van der Waals surface area contributed by atoms with Gasteiger partial charge >= 0.3 is 17.9 Å². The van der Waals surface area contributed by atoms with Crippen molar-refractivity contribution in [3.05, 3.63) is 85.1 Å². The zero-order chi connectivity index (χ0) is 47.2. The van der Waals surface area contributed by atoms with Gasteiger partial charge in [0, 0.05) is 19.3 Å². The van der Waals surface area contributed by atoms with Crippen molar-refractivity contribution in [2.45, 2.75) is 258 Å². The van der Waals surface area contributed by atoms with Crippen molar-refractivity contribution in [3.63, 3.8) is 0 Å². The Morgan fingerprint density at radius 2 is 0.600 bits per heavy atom. The van der Waals surface area contributed by atoms with E-state index in [-0.39, 0.29) is 31.1 Å². The van der Waals surface area contributed by atoms with Crippen LogP contribution in [0.1, 0.15) is 252 Å². The van der Waals surface area contributed by atoms with E-state index >= 15 is 0 Å². The van der Waals surface area contributed by atoms with E-state index in [0.717, 1.165) is 109 Å². The van der Waals surface area contributed by atoms with E-state index in [1.54, 1.807) is 0 Å². The minimum absolute atomic E-state index is 0.0983. The van der Waals surface area contributed by atoms with E-state index in [9.17, 15) is 14.4 Å². The largest absolute Gasteiger partial charge is 0.462 e. The molecule has 1 atom stereocenters. The van der Waals surface area contributed by atoms with Gasteiger partial charge in [0.25, 0.3) is 0 Å². The zero-order valence-electron chi connectivity index (χ0n) is 42.5. The third kappa shape index (κ3) is 51.4. The molecule has 0 heterocycles. The number of unbranched alkanes of at least 4 members (excludes halogenated alkanes) is 23. The summed E-state index contributed by atoms with van der Waals surface area (Å²) >= 11 is 0. The zero-order valence-corrected chi connectivity index (χ0v) is 42.5. The van der Waals surface area contributed by atoms with Crippen LogP contribution in [0.25, 0.3) is 0 Å². The summed E-state index contributed by atoms with van der Waals surface area (Å²) in [5, 5.41) is 0. The Kier molecular flexibility index (Phi) is 50.4. The highest BCUT2D eigenvalue weighted by Crippen LogP contribution is 2.14. The molecule has 0 amide bonds. The average molecular weight is 905 g/mol. The number of hydrogen-bond acceptors (Lipinski definition) is 6. The molecule has 0 aliphatic heterocycles. The van der Waals surface area contributed by atoms with Crippen LogP contribution >= 0.6 is 0 Å². The van der Waals surface area contributed by atoms with Gasteiger partial charge in [0.2, 0.25) is 0 Å². The van der Waals surface area contributed by atoms with Crippen LogP contribution in [0.5, 0.6) is 0 Å². The second kappa shape index (κ2) is 53.2. The summed E-state index contributed by atoms with van der Waals surface area (Å²) < 4.78 is 16.8. The molecule has 0 spiro atoms. The highest BCUT2D eigenvalue weighted by molar-refractivity contribution is 5.71.